The van der Waals surface area contributed by atoms with E-state index in [1.165, 1.54) is 6.33 Å². The van der Waals surface area contributed by atoms with Gasteiger partial charge in [0.2, 0.25) is 0 Å². The fourth-order valence-electron chi connectivity index (χ4n) is 2.10. The smallest absolute Gasteiger partial charge is 0.312 e. The minimum absolute atomic E-state index is 0.112. The van der Waals surface area contributed by atoms with Gasteiger partial charge in [0.15, 0.2) is 0 Å². The summed E-state index contributed by atoms with van der Waals surface area (Å²) in [5, 5.41) is 9.28. The quantitative estimate of drug-likeness (QED) is 0.828. The van der Waals surface area contributed by atoms with Crippen molar-refractivity contribution in [3.05, 3.63) is 24.3 Å². The van der Waals surface area contributed by atoms with Crippen LogP contribution >= 0.6 is 0 Å². The van der Waals surface area contributed by atoms with E-state index in [1.807, 2.05) is 0 Å². The molecule has 0 bridgehead atoms. The van der Waals surface area contributed by atoms with Gasteiger partial charge < -0.3 is 9.84 Å². The largest absolute Gasteiger partial charge is 0.481 e. The van der Waals surface area contributed by atoms with Gasteiger partial charge in [0.1, 0.15) is 12.2 Å². The van der Waals surface area contributed by atoms with E-state index in [-0.39, 0.29) is 5.92 Å². The first kappa shape index (κ1) is 11.0. The summed E-state index contributed by atoms with van der Waals surface area (Å²) < 4.78 is 5.24. The Labute approximate surface area is 93.5 Å². The van der Waals surface area contributed by atoms with Crippen LogP contribution in [0.1, 0.15) is 24.5 Å². The third-order valence-corrected chi connectivity index (χ3v) is 2.93. The highest BCUT2D eigenvalue weighted by Gasteiger charge is 2.32. The molecule has 1 N–H and O–H groups in total. The van der Waals surface area contributed by atoms with E-state index < -0.39 is 11.9 Å². The zero-order chi connectivity index (χ0) is 11.4. The van der Waals surface area contributed by atoms with Crippen LogP contribution in [0.2, 0.25) is 0 Å². The molecule has 5 nitrogen and oxygen atoms in total. The van der Waals surface area contributed by atoms with Crippen LogP contribution in [-0.4, -0.2) is 34.3 Å². The number of aromatic nitrogens is 2. The van der Waals surface area contributed by atoms with Gasteiger partial charge in [0.05, 0.1) is 5.69 Å². The van der Waals surface area contributed by atoms with Crippen molar-refractivity contribution in [3.8, 4) is 0 Å². The highest BCUT2D eigenvalue weighted by Crippen LogP contribution is 2.30. The topological polar surface area (TPSA) is 72.3 Å². The summed E-state index contributed by atoms with van der Waals surface area (Å²) in [6.07, 6.45) is 4.53. The van der Waals surface area contributed by atoms with Crippen LogP contribution in [0.5, 0.6) is 0 Å². The Bertz CT molecular complexity index is 350. The molecule has 2 rings (SSSR count). The molecule has 1 saturated heterocycles. The number of ether oxygens (including phenoxy) is 1. The van der Waals surface area contributed by atoms with Crippen LogP contribution < -0.4 is 0 Å². The molecule has 1 unspecified atom stereocenters. The lowest BCUT2D eigenvalue weighted by Gasteiger charge is -2.27. The van der Waals surface area contributed by atoms with Crippen LogP contribution in [0.3, 0.4) is 0 Å². The van der Waals surface area contributed by atoms with Crippen molar-refractivity contribution < 1.29 is 14.6 Å². The standard InChI is InChI=1S/C11H14N2O3/c14-11(15)10(8-2-5-16-6-3-8)9-1-4-12-7-13-9/h1,4,7-8,10H,2-3,5-6H2,(H,14,15). The summed E-state index contributed by atoms with van der Waals surface area (Å²) in [6.45, 7) is 1.28. The van der Waals surface area contributed by atoms with Crippen molar-refractivity contribution >= 4 is 5.97 Å². The van der Waals surface area contributed by atoms with Gasteiger partial charge in [-0.25, -0.2) is 9.97 Å². The predicted octanol–water partition coefficient (Wildman–Crippen LogP) is 1.07. The van der Waals surface area contributed by atoms with Crippen LogP contribution in [0.4, 0.5) is 0 Å². The molecule has 1 aliphatic rings. The minimum atomic E-state index is -0.814. The first-order chi connectivity index (χ1) is 7.79. The van der Waals surface area contributed by atoms with Gasteiger partial charge in [-0.1, -0.05) is 0 Å². The average molecular weight is 222 g/mol. The predicted molar refractivity (Wildman–Crippen MR) is 56.0 cm³/mol. The number of nitrogens with zero attached hydrogens (tertiary/aromatic N) is 2. The van der Waals surface area contributed by atoms with Crippen molar-refractivity contribution in [2.75, 3.05) is 13.2 Å². The molecule has 1 aromatic rings. The second-order valence-electron chi connectivity index (χ2n) is 3.90. The first-order valence-corrected chi connectivity index (χ1v) is 5.35. The van der Waals surface area contributed by atoms with Gasteiger partial charge >= 0.3 is 5.97 Å². The third kappa shape index (κ3) is 2.36. The van der Waals surface area contributed by atoms with Gasteiger partial charge in [0.25, 0.3) is 0 Å². The molecule has 0 aliphatic carbocycles. The second-order valence-corrected chi connectivity index (χ2v) is 3.90. The Morgan fingerprint density at radius 2 is 2.25 bits per heavy atom. The summed E-state index contributed by atoms with van der Waals surface area (Å²) in [6, 6.07) is 1.67. The Kier molecular flexibility index (Phi) is 3.46. The van der Waals surface area contributed by atoms with E-state index in [1.54, 1.807) is 12.3 Å². The summed E-state index contributed by atoms with van der Waals surface area (Å²) in [7, 11) is 0. The zero-order valence-electron chi connectivity index (χ0n) is 8.87. The molecule has 2 heterocycles. The van der Waals surface area contributed by atoms with Crippen molar-refractivity contribution in [1.82, 2.24) is 9.97 Å². The molecule has 0 spiro atoms. The number of hydrogen-bond donors (Lipinski definition) is 1. The van der Waals surface area contributed by atoms with Gasteiger partial charge in [0, 0.05) is 19.4 Å². The lowest BCUT2D eigenvalue weighted by atomic mass is 9.84. The monoisotopic (exact) mass is 222 g/mol. The maximum Gasteiger partial charge on any atom is 0.312 e. The SMILES string of the molecule is O=C(O)C(c1ccncn1)C1CCOCC1. The number of aliphatic carboxylic acids is 1. The molecule has 1 aliphatic heterocycles. The molecule has 86 valence electrons. The zero-order valence-corrected chi connectivity index (χ0v) is 8.87. The van der Waals surface area contributed by atoms with E-state index in [0.717, 1.165) is 12.8 Å². The van der Waals surface area contributed by atoms with Crippen LogP contribution in [0, 0.1) is 5.92 Å². The molecular weight excluding hydrogens is 208 g/mol. The summed E-state index contributed by atoms with van der Waals surface area (Å²) in [5.41, 5.74) is 0.592. The van der Waals surface area contributed by atoms with E-state index >= 15 is 0 Å². The molecule has 5 heteroatoms. The highest BCUT2D eigenvalue weighted by molar-refractivity contribution is 5.75. The maximum atomic E-state index is 11.3. The number of carboxylic acids is 1. The number of rotatable bonds is 3. The third-order valence-electron chi connectivity index (χ3n) is 2.93. The molecule has 0 saturated carbocycles. The minimum Gasteiger partial charge on any atom is -0.481 e. The molecule has 16 heavy (non-hydrogen) atoms. The lowest BCUT2D eigenvalue weighted by molar-refractivity contribution is -0.141. The Morgan fingerprint density at radius 1 is 1.50 bits per heavy atom. The van der Waals surface area contributed by atoms with E-state index in [2.05, 4.69) is 9.97 Å². The molecular formula is C11H14N2O3. The fourth-order valence-corrected chi connectivity index (χ4v) is 2.10. The van der Waals surface area contributed by atoms with E-state index in [4.69, 9.17) is 4.74 Å². The number of hydrogen-bond acceptors (Lipinski definition) is 4. The van der Waals surface area contributed by atoms with Crippen molar-refractivity contribution in [3.63, 3.8) is 0 Å². The van der Waals surface area contributed by atoms with Gasteiger partial charge in [-0.15, -0.1) is 0 Å². The molecule has 0 amide bonds. The van der Waals surface area contributed by atoms with Gasteiger partial charge in [-0.3, -0.25) is 4.79 Å². The van der Waals surface area contributed by atoms with Gasteiger partial charge in [-0.2, -0.15) is 0 Å². The second kappa shape index (κ2) is 5.03. The Balaban J connectivity index is 2.20. The molecule has 1 fully saturated rings. The molecule has 0 aromatic carbocycles. The number of carbonyl (C=O) groups is 1. The first-order valence-electron chi connectivity index (χ1n) is 5.35. The van der Waals surface area contributed by atoms with Crippen LogP contribution in [0.25, 0.3) is 0 Å². The van der Waals surface area contributed by atoms with E-state index in [9.17, 15) is 9.90 Å². The normalized spacial score (nSPS) is 19.2. The molecule has 1 aromatic heterocycles. The maximum absolute atomic E-state index is 11.3. The Hall–Kier alpha value is -1.49. The average Bonchev–Trinajstić information content (AvgIpc) is 2.31. The van der Waals surface area contributed by atoms with Crippen molar-refractivity contribution in [2.24, 2.45) is 5.92 Å². The van der Waals surface area contributed by atoms with Crippen molar-refractivity contribution in [2.45, 2.75) is 18.8 Å². The van der Waals surface area contributed by atoms with Gasteiger partial charge in [-0.05, 0) is 24.8 Å². The van der Waals surface area contributed by atoms with Crippen LogP contribution in [-0.2, 0) is 9.53 Å². The summed E-state index contributed by atoms with van der Waals surface area (Å²) >= 11 is 0. The summed E-state index contributed by atoms with van der Waals surface area (Å²) in [4.78, 5) is 19.1. The summed E-state index contributed by atoms with van der Waals surface area (Å²) in [5.74, 6) is -1.24. The lowest BCUT2D eigenvalue weighted by Crippen LogP contribution is -2.28. The fraction of sp³-hybridized carbons (Fsp3) is 0.545. The Morgan fingerprint density at radius 3 is 2.81 bits per heavy atom. The van der Waals surface area contributed by atoms with Crippen molar-refractivity contribution in [1.29, 1.82) is 0 Å². The molecule has 1 atom stereocenters. The molecule has 0 radical (unpaired) electrons. The van der Waals surface area contributed by atoms with E-state index in [0.29, 0.717) is 18.9 Å². The number of carboxylic acid groups (broad SMARTS) is 1. The highest BCUT2D eigenvalue weighted by atomic mass is 16.5. The van der Waals surface area contributed by atoms with Crippen LogP contribution in [0.15, 0.2) is 18.6 Å².